The lowest BCUT2D eigenvalue weighted by atomic mass is 9.97. The van der Waals surface area contributed by atoms with Gasteiger partial charge in [0.05, 0.1) is 18.3 Å². The molecule has 1 aliphatic rings. The number of ether oxygens (including phenoxy) is 1. The highest BCUT2D eigenvalue weighted by atomic mass is 79.9. The number of nitrogens with zero attached hydrogens (tertiary/aromatic N) is 3. The Morgan fingerprint density at radius 2 is 2.03 bits per heavy atom. The number of carbonyl (C=O) groups excluding carboxylic acids is 2. The number of rotatable bonds is 7. The molecule has 1 aromatic carbocycles. The fourth-order valence-electron chi connectivity index (χ4n) is 3.91. The molecule has 168 valence electrons. The summed E-state index contributed by atoms with van der Waals surface area (Å²) >= 11 is 9.66. The Hall–Kier alpha value is -1.90. The quantitative estimate of drug-likeness (QED) is 0.559. The van der Waals surface area contributed by atoms with Gasteiger partial charge in [-0.05, 0) is 60.8 Å². The SMILES string of the molecule is CCOC(=O)c1nc(Br)n(C(C)C)c1C(NC1CCC(=O)N(C)C1)c1ccc(Cl)cc1. The van der Waals surface area contributed by atoms with Gasteiger partial charge in [0.1, 0.15) is 0 Å². The summed E-state index contributed by atoms with van der Waals surface area (Å²) in [5, 5.41) is 4.31. The number of halogens is 2. The van der Waals surface area contributed by atoms with Gasteiger partial charge in [-0.1, -0.05) is 23.7 Å². The first-order chi connectivity index (χ1) is 14.7. The predicted octanol–water partition coefficient (Wildman–Crippen LogP) is 4.36. The maximum atomic E-state index is 12.8. The molecule has 7 nitrogen and oxygen atoms in total. The molecular weight excluding hydrogens is 484 g/mol. The van der Waals surface area contributed by atoms with Crippen LogP contribution in [0.4, 0.5) is 0 Å². The first-order valence-electron chi connectivity index (χ1n) is 10.4. The number of imidazole rings is 1. The van der Waals surface area contributed by atoms with Gasteiger partial charge in [-0.15, -0.1) is 0 Å². The summed E-state index contributed by atoms with van der Waals surface area (Å²) in [6, 6.07) is 7.31. The zero-order valence-electron chi connectivity index (χ0n) is 18.2. The van der Waals surface area contributed by atoms with Gasteiger partial charge in [-0.25, -0.2) is 9.78 Å². The van der Waals surface area contributed by atoms with Gasteiger partial charge in [0.25, 0.3) is 0 Å². The molecule has 0 aliphatic carbocycles. The lowest BCUT2D eigenvalue weighted by Crippen LogP contribution is -2.48. The maximum Gasteiger partial charge on any atom is 0.358 e. The first kappa shape index (κ1) is 23.8. The number of hydrogen-bond donors (Lipinski definition) is 1. The summed E-state index contributed by atoms with van der Waals surface area (Å²) in [5.74, 6) is -0.322. The van der Waals surface area contributed by atoms with Crippen LogP contribution in [-0.2, 0) is 9.53 Å². The molecule has 1 N–H and O–H groups in total. The van der Waals surface area contributed by atoms with Crippen LogP contribution in [0.2, 0.25) is 5.02 Å². The molecule has 2 unspecified atom stereocenters. The minimum absolute atomic E-state index is 0.0484. The highest BCUT2D eigenvalue weighted by molar-refractivity contribution is 9.10. The predicted molar refractivity (Wildman–Crippen MR) is 123 cm³/mol. The van der Waals surface area contributed by atoms with Crippen LogP contribution >= 0.6 is 27.5 Å². The van der Waals surface area contributed by atoms with Crippen molar-refractivity contribution in [2.75, 3.05) is 20.2 Å². The minimum Gasteiger partial charge on any atom is -0.461 e. The fourth-order valence-corrected chi connectivity index (χ4v) is 4.81. The van der Waals surface area contributed by atoms with Crippen LogP contribution in [0.5, 0.6) is 0 Å². The average Bonchev–Trinajstić information content (AvgIpc) is 3.07. The summed E-state index contributed by atoms with van der Waals surface area (Å²) < 4.78 is 7.87. The van der Waals surface area contributed by atoms with Gasteiger partial charge in [0.15, 0.2) is 10.4 Å². The lowest BCUT2D eigenvalue weighted by molar-refractivity contribution is -0.132. The van der Waals surface area contributed by atoms with Gasteiger partial charge in [0, 0.05) is 37.1 Å². The molecule has 31 heavy (non-hydrogen) atoms. The van der Waals surface area contributed by atoms with E-state index in [1.54, 1.807) is 11.8 Å². The number of esters is 1. The Balaban J connectivity index is 2.11. The lowest BCUT2D eigenvalue weighted by Gasteiger charge is -2.34. The zero-order chi connectivity index (χ0) is 22.7. The van der Waals surface area contributed by atoms with Gasteiger partial charge in [-0.2, -0.15) is 0 Å². The molecule has 1 amide bonds. The number of carbonyl (C=O) groups is 2. The number of amides is 1. The van der Waals surface area contributed by atoms with Crippen LogP contribution in [0.3, 0.4) is 0 Å². The molecule has 0 radical (unpaired) electrons. The normalized spacial score (nSPS) is 17.8. The molecule has 0 spiro atoms. The Labute approximate surface area is 196 Å². The number of nitrogens with one attached hydrogen (secondary N) is 1. The topological polar surface area (TPSA) is 76.5 Å². The molecule has 3 rings (SSSR count). The minimum atomic E-state index is -0.464. The fraction of sp³-hybridized carbons (Fsp3) is 0.500. The summed E-state index contributed by atoms with van der Waals surface area (Å²) in [6.45, 7) is 6.71. The molecule has 2 aromatic rings. The Kier molecular flexibility index (Phi) is 7.78. The van der Waals surface area contributed by atoms with Crippen LogP contribution in [0.1, 0.15) is 67.4 Å². The van der Waals surface area contributed by atoms with Crippen LogP contribution < -0.4 is 5.32 Å². The standard InChI is InChI=1S/C22H28BrClN4O3/c1-5-31-21(30)19-20(28(13(2)3)22(23)26-19)18(14-6-8-15(24)9-7-14)25-16-10-11-17(29)27(4)12-16/h6-9,13,16,18,25H,5,10-12H2,1-4H3. The number of benzene rings is 1. The molecule has 1 aromatic heterocycles. The second-order valence-electron chi connectivity index (χ2n) is 7.96. The number of aromatic nitrogens is 2. The van der Waals surface area contributed by atoms with Crippen molar-refractivity contribution in [3.05, 3.63) is 51.0 Å². The summed E-state index contributed by atoms with van der Waals surface area (Å²) in [4.78, 5) is 31.0. The Bertz CT molecular complexity index is 945. The monoisotopic (exact) mass is 510 g/mol. The highest BCUT2D eigenvalue weighted by Gasteiger charge is 2.33. The van der Waals surface area contributed by atoms with E-state index in [0.29, 0.717) is 22.7 Å². The van der Waals surface area contributed by atoms with E-state index in [-0.39, 0.29) is 36.3 Å². The summed E-state index contributed by atoms with van der Waals surface area (Å²) in [6.07, 6.45) is 1.21. The van der Waals surface area contributed by atoms with Crippen molar-refractivity contribution in [1.29, 1.82) is 0 Å². The van der Waals surface area contributed by atoms with Crippen molar-refractivity contribution < 1.29 is 14.3 Å². The molecule has 1 fully saturated rings. The number of hydrogen-bond acceptors (Lipinski definition) is 5. The van der Waals surface area contributed by atoms with E-state index in [0.717, 1.165) is 17.7 Å². The van der Waals surface area contributed by atoms with Gasteiger partial charge < -0.3 is 19.5 Å². The number of likely N-dealkylation sites (tertiary alicyclic amines) is 1. The van der Waals surface area contributed by atoms with Gasteiger partial charge in [0.2, 0.25) is 5.91 Å². The molecule has 2 atom stereocenters. The van der Waals surface area contributed by atoms with Crippen molar-refractivity contribution in [3.8, 4) is 0 Å². The summed E-state index contributed by atoms with van der Waals surface area (Å²) in [7, 11) is 1.81. The third-order valence-corrected chi connectivity index (χ3v) is 6.21. The van der Waals surface area contributed by atoms with Gasteiger partial charge in [-0.3, -0.25) is 4.79 Å². The van der Waals surface area contributed by atoms with Crippen molar-refractivity contribution in [1.82, 2.24) is 19.8 Å². The smallest absolute Gasteiger partial charge is 0.358 e. The van der Waals surface area contributed by atoms with E-state index in [1.807, 2.05) is 49.7 Å². The van der Waals surface area contributed by atoms with Gasteiger partial charge >= 0.3 is 5.97 Å². The van der Waals surface area contributed by atoms with Crippen LogP contribution in [0.15, 0.2) is 29.0 Å². The van der Waals surface area contributed by atoms with Crippen LogP contribution in [-0.4, -0.2) is 52.6 Å². The van der Waals surface area contributed by atoms with Crippen LogP contribution in [0, 0.1) is 0 Å². The van der Waals surface area contributed by atoms with E-state index in [4.69, 9.17) is 16.3 Å². The van der Waals surface area contributed by atoms with E-state index >= 15 is 0 Å². The maximum absolute atomic E-state index is 12.8. The number of piperidine rings is 1. The highest BCUT2D eigenvalue weighted by Crippen LogP contribution is 2.33. The van der Waals surface area contributed by atoms with Crippen LogP contribution in [0.25, 0.3) is 0 Å². The molecule has 1 saturated heterocycles. The second-order valence-corrected chi connectivity index (χ2v) is 9.11. The largest absolute Gasteiger partial charge is 0.461 e. The molecule has 9 heteroatoms. The van der Waals surface area contributed by atoms with E-state index < -0.39 is 5.97 Å². The molecule has 0 saturated carbocycles. The number of likely N-dealkylation sites (N-methyl/N-ethyl adjacent to an activating group) is 1. The molecule has 1 aliphatic heterocycles. The average molecular weight is 512 g/mol. The van der Waals surface area contributed by atoms with Crippen molar-refractivity contribution in [3.63, 3.8) is 0 Å². The van der Waals surface area contributed by atoms with Crippen molar-refractivity contribution in [2.45, 2.75) is 51.7 Å². The van der Waals surface area contributed by atoms with E-state index in [9.17, 15) is 9.59 Å². The summed E-state index contributed by atoms with van der Waals surface area (Å²) in [5.41, 5.74) is 1.95. The van der Waals surface area contributed by atoms with E-state index in [1.165, 1.54) is 0 Å². The molecule has 2 heterocycles. The third kappa shape index (κ3) is 5.30. The molecule has 0 bridgehead atoms. The second kappa shape index (κ2) is 10.1. The van der Waals surface area contributed by atoms with Crippen molar-refractivity contribution in [2.24, 2.45) is 0 Å². The third-order valence-electron chi connectivity index (χ3n) is 5.40. The van der Waals surface area contributed by atoms with Crippen molar-refractivity contribution >= 4 is 39.4 Å². The van der Waals surface area contributed by atoms with E-state index in [2.05, 4.69) is 26.2 Å². The first-order valence-corrected chi connectivity index (χ1v) is 11.6. The zero-order valence-corrected chi connectivity index (χ0v) is 20.5. The molecular formula is C22H28BrClN4O3. The Morgan fingerprint density at radius 3 is 2.61 bits per heavy atom. The Morgan fingerprint density at radius 1 is 1.35 bits per heavy atom.